The lowest BCUT2D eigenvalue weighted by atomic mass is 9.57. The summed E-state index contributed by atoms with van der Waals surface area (Å²) in [6.45, 7) is 2.00. The number of allylic oxidation sites excluding steroid dienone is 1. The SMILES string of the molecule is C[C@H]1OC(=O)[C@@H]2C[C@@H]3C[C@H](NC(=O)O)CC[C@H]3[C@H](/C=C/c3ccc(-c4cccc(F)c4)cc3)[C@H]12. The van der Waals surface area contributed by atoms with Crippen molar-refractivity contribution in [3.63, 3.8) is 0 Å². The molecule has 5 rings (SSSR count). The van der Waals surface area contributed by atoms with Gasteiger partial charge in [0, 0.05) is 12.0 Å². The summed E-state index contributed by atoms with van der Waals surface area (Å²) in [6.07, 6.45) is 6.58. The van der Waals surface area contributed by atoms with Crippen LogP contribution in [-0.4, -0.2) is 29.3 Å². The predicted molar refractivity (Wildman–Crippen MR) is 127 cm³/mol. The molecule has 0 spiro atoms. The summed E-state index contributed by atoms with van der Waals surface area (Å²) in [6, 6.07) is 14.6. The number of hydrogen-bond donors (Lipinski definition) is 2. The fourth-order valence-electron chi connectivity index (χ4n) is 6.60. The minimum atomic E-state index is -0.982. The van der Waals surface area contributed by atoms with E-state index in [1.807, 2.05) is 37.3 Å². The van der Waals surface area contributed by atoms with Gasteiger partial charge < -0.3 is 15.2 Å². The number of rotatable bonds is 4. The molecule has 0 bridgehead atoms. The zero-order valence-corrected chi connectivity index (χ0v) is 19.2. The van der Waals surface area contributed by atoms with Crippen molar-refractivity contribution < 1.29 is 23.8 Å². The molecule has 6 heteroatoms. The average Bonchev–Trinajstić information content (AvgIpc) is 3.09. The normalized spacial score (nSPS) is 32.6. The summed E-state index contributed by atoms with van der Waals surface area (Å²) in [5.41, 5.74) is 2.86. The van der Waals surface area contributed by atoms with Gasteiger partial charge in [0.25, 0.3) is 0 Å². The maximum absolute atomic E-state index is 13.6. The van der Waals surface area contributed by atoms with Gasteiger partial charge in [-0.3, -0.25) is 4.79 Å². The lowest BCUT2D eigenvalue weighted by Crippen LogP contribution is -2.48. The third kappa shape index (κ3) is 4.46. The van der Waals surface area contributed by atoms with E-state index in [0.29, 0.717) is 11.8 Å². The number of cyclic esters (lactones) is 1. The molecule has 178 valence electrons. The zero-order valence-electron chi connectivity index (χ0n) is 19.2. The van der Waals surface area contributed by atoms with Gasteiger partial charge in [0.15, 0.2) is 0 Å². The van der Waals surface area contributed by atoms with Gasteiger partial charge in [-0.15, -0.1) is 0 Å². The highest BCUT2D eigenvalue weighted by Crippen LogP contribution is 2.53. The molecular formula is C28H30FNO4. The second-order valence-electron chi connectivity index (χ2n) is 10.0. The fraction of sp³-hybridized carbons (Fsp3) is 0.429. The number of esters is 1. The van der Waals surface area contributed by atoms with Crippen molar-refractivity contribution in [2.75, 3.05) is 0 Å². The quantitative estimate of drug-likeness (QED) is 0.566. The first kappa shape index (κ1) is 22.6. The molecule has 1 saturated heterocycles. The van der Waals surface area contributed by atoms with Crippen LogP contribution >= 0.6 is 0 Å². The molecule has 0 aromatic heterocycles. The molecule has 2 N–H and O–H groups in total. The highest BCUT2D eigenvalue weighted by molar-refractivity contribution is 5.76. The number of carbonyl (C=O) groups is 2. The van der Waals surface area contributed by atoms with Crippen LogP contribution in [0.4, 0.5) is 9.18 Å². The van der Waals surface area contributed by atoms with Crippen LogP contribution in [-0.2, 0) is 9.53 Å². The van der Waals surface area contributed by atoms with Crippen molar-refractivity contribution in [2.45, 2.75) is 44.8 Å². The van der Waals surface area contributed by atoms with Crippen LogP contribution in [0, 0.1) is 35.4 Å². The summed E-state index contributed by atoms with van der Waals surface area (Å²) < 4.78 is 19.2. The largest absolute Gasteiger partial charge is 0.465 e. The Hall–Kier alpha value is -3.15. The van der Waals surface area contributed by atoms with Gasteiger partial charge in [0.2, 0.25) is 0 Å². The molecule has 2 aromatic rings. The monoisotopic (exact) mass is 463 g/mol. The second kappa shape index (κ2) is 9.24. The first-order valence-corrected chi connectivity index (χ1v) is 12.1. The van der Waals surface area contributed by atoms with Crippen LogP contribution in [0.1, 0.15) is 38.2 Å². The van der Waals surface area contributed by atoms with Crippen molar-refractivity contribution in [3.8, 4) is 11.1 Å². The van der Waals surface area contributed by atoms with E-state index >= 15 is 0 Å². The Morgan fingerprint density at radius 1 is 1.12 bits per heavy atom. The van der Waals surface area contributed by atoms with E-state index in [0.717, 1.165) is 42.4 Å². The number of amides is 1. The Morgan fingerprint density at radius 2 is 1.91 bits per heavy atom. The molecule has 0 unspecified atom stereocenters. The molecule has 34 heavy (non-hydrogen) atoms. The number of carboxylic acid groups (broad SMARTS) is 1. The number of halogens is 1. The molecule has 0 radical (unpaired) electrons. The average molecular weight is 464 g/mol. The Kier molecular flexibility index (Phi) is 6.15. The van der Waals surface area contributed by atoms with Crippen molar-refractivity contribution in [3.05, 3.63) is 66.0 Å². The van der Waals surface area contributed by atoms with Crippen molar-refractivity contribution in [2.24, 2.45) is 29.6 Å². The summed E-state index contributed by atoms with van der Waals surface area (Å²) >= 11 is 0. The van der Waals surface area contributed by atoms with Crippen molar-refractivity contribution in [1.82, 2.24) is 5.32 Å². The Balaban J connectivity index is 1.37. The van der Waals surface area contributed by atoms with Gasteiger partial charge in [-0.05, 0) is 79.2 Å². The van der Waals surface area contributed by atoms with Gasteiger partial charge in [-0.1, -0.05) is 48.6 Å². The van der Waals surface area contributed by atoms with Gasteiger partial charge in [-0.2, -0.15) is 0 Å². The lowest BCUT2D eigenvalue weighted by Gasteiger charge is -2.47. The molecule has 2 aliphatic carbocycles. The molecular weight excluding hydrogens is 433 g/mol. The third-order valence-corrected chi connectivity index (χ3v) is 8.06. The van der Waals surface area contributed by atoms with E-state index in [-0.39, 0.29) is 41.7 Å². The lowest BCUT2D eigenvalue weighted by molar-refractivity contribution is -0.144. The summed E-state index contributed by atoms with van der Waals surface area (Å²) in [5, 5.41) is 11.8. The standard InChI is InChI=1S/C28H30FNO4/c1-16-26-24(11-7-17-5-8-18(9-6-17)19-3-2-4-21(29)13-19)23-12-10-22(30-28(32)33)14-20(23)15-25(26)27(31)34-16/h2-9,11,13,16,20,22-26,30H,10,12,14-15H2,1H3,(H,32,33)/b11-7+/t16-,20+,22-,23-,24+,25-,26+/m1/s1. The van der Waals surface area contributed by atoms with E-state index in [1.165, 1.54) is 12.1 Å². The minimum Gasteiger partial charge on any atom is -0.465 e. The highest BCUT2D eigenvalue weighted by Gasteiger charge is 2.54. The van der Waals surface area contributed by atoms with E-state index in [4.69, 9.17) is 9.84 Å². The van der Waals surface area contributed by atoms with Crippen LogP contribution < -0.4 is 5.32 Å². The first-order chi connectivity index (χ1) is 16.4. The Labute approximate surface area is 199 Å². The number of hydrogen-bond acceptors (Lipinski definition) is 3. The van der Waals surface area contributed by atoms with E-state index in [1.54, 1.807) is 6.07 Å². The van der Waals surface area contributed by atoms with E-state index in [9.17, 15) is 14.0 Å². The van der Waals surface area contributed by atoms with Gasteiger partial charge in [-0.25, -0.2) is 9.18 Å². The summed E-state index contributed by atoms with van der Waals surface area (Å²) in [4.78, 5) is 23.7. The van der Waals surface area contributed by atoms with Crippen LogP contribution in [0.15, 0.2) is 54.6 Å². The van der Waals surface area contributed by atoms with Gasteiger partial charge >= 0.3 is 12.1 Å². The number of carbonyl (C=O) groups excluding carboxylic acids is 1. The van der Waals surface area contributed by atoms with Crippen LogP contribution in [0.25, 0.3) is 17.2 Å². The number of fused-ring (bicyclic) bond motifs is 2. The minimum absolute atomic E-state index is 0.0508. The van der Waals surface area contributed by atoms with E-state index < -0.39 is 6.09 Å². The predicted octanol–water partition coefficient (Wildman–Crippen LogP) is 5.76. The third-order valence-electron chi connectivity index (χ3n) is 8.06. The first-order valence-electron chi connectivity index (χ1n) is 12.1. The molecule has 2 saturated carbocycles. The smallest absolute Gasteiger partial charge is 0.404 e. The number of ether oxygens (including phenoxy) is 1. The zero-order chi connectivity index (χ0) is 23.8. The second-order valence-corrected chi connectivity index (χ2v) is 10.0. The highest BCUT2D eigenvalue weighted by atomic mass is 19.1. The number of nitrogens with one attached hydrogen (secondary N) is 1. The van der Waals surface area contributed by atoms with Crippen molar-refractivity contribution >= 4 is 18.1 Å². The molecule has 3 aliphatic rings. The molecule has 1 amide bonds. The molecule has 1 heterocycles. The molecule has 2 aromatic carbocycles. The van der Waals surface area contributed by atoms with Crippen LogP contribution in [0.3, 0.4) is 0 Å². The molecule has 3 fully saturated rings. The Morgan fingerprint density at radius 3 is 2.65 bits per heavy atom. The van der Waals surface area contributed by atoms with Gasteiger partial charge in [0.05, 0.1) is 5.92 Å². The Bertz CT molecular complexity index is 1100. The van der Waals surface area contributed by atoms with E-state index in [2.05, 4.69) is 17.5 Å². The maximum Gasteiger partial charge on any atom is 0.404 e. The summed E-state index contributed by atoms with van der Waals surface area (Å²) in [7, 11) is 0. The van der Waals surface area contributed by atoms with Gasteiger partial charge in [0.1, 0.15) is 11.9 Å². The van der Waals surface area contributed by atoms with Crippen LogP contribution in [0.2, 0.25) is 0 Å². The van der Waals surface area contributed by atoms with Crippen LogP contribution in [0.5, 0.6) is 0 Å². The molecule has 5 nitrogen and oxygen atoms in total. The topological polar surface area (TPSA) is 75.6 Å². The number of benzene rings is 2. The molecule has 7 atom stereocenters. The molecule has 1 aliphatic heterocycles. The maximum atomic E-state index is 13.6. The fourth-order valence-corrected chi connectivity index (χ4v) is 6.60. The van der Waals surface area contributed by atoms with Crippen molar-refractivity contribution in [1.29, 1.82) is 0 Å². The summed E-state index contributed by atoms with van der Waals surface area (Å²) in [5.74, 6) is 0.590.